The lowest BCUT2D eigenvalue weighted by atomic mass is 10.2. The fourth-order valence-corrected chi connectivity index (χ4v) is 4.81. The number of para-hydroxylation sites is 1. The molecule has 24 heavy (non-hydrogen) atoms. The van der Waals surface area contributed by atoms with Gasteiger partial charge in [0.15, 0.2) is 4.21 Å². The van der Waals surface area contributed by atoms with E-state index in [4.69, 9.17) is 0 Å². The van der Waals surface area contributed by atoms with Gasteiger partial charge in [-0.1, -0.05) is 18.2 Å². The van der Waals surface area contributed by atoms with Crippen LogP contribution in [-0.2, 0) is 19.5 Å². The summed E-state index contributed by atoms with van der Waals surface area (Å²) in [7, 11) is -1.77. The first-order valence-corrected chi connectivity index (χ1v) is 8.99. The van der Waals surface area contributed by atoms with Crippen LogP contribution in [0, 0.1) is 6.92 Å². The number of carbonyl (C=O) groups is 2. The number of nitrogens with one attached hydrogen (secondary N) is 1. The highest BCUT2D eigenvalue weighted by Gasteiger charge is 2.32. The summed E-state index contributed by atoms with van der Waals surface area (Å²) in [6.07, 6.45) is 0. The maximum atomic E-state index is 12.7. The number of methoxy groups -OCH3 is 2. The van der Waals surface area contributed by atoms with Gasteiger partial charge in [0.25, 0.3) is 10.0 Å². The number of anilines is 1. The Morgan fingerprint density at radius 3 is 2.17 bits per heavy atom. The summed E-state index contributed by atoms with van der Waals surface area (Å²) in [6.45, 7) is 1.47. The molecule has 0 spiro atoms. The fraction of sp³-hybridized carbons (Fsp3) is 0.200. The van der Waals surface area contributed by atoms with Crippen molar-refractivity contribution in [2.45, 2.75) is 11.1 Å². The normalized spacial score (nSPS) is 11.0. The molecule has 0 radical (unpaired) electrons. The molecule has 0 bridgehead atoms. The van der Waals surface area contributed by atoms with Gasteiger partial charge in [0, 0.05) is 5.69 Å². The molecule has 1 aromatic carbocycles. The van der Waals surface area contributed by atoms with Crippen molar-refractivity contribution in [1.82, 2.24) is 0 Å². The smallest absolute Gasteiger partial charge is 0.348 e. The van der Waals surface area contributed by atoms with Crippen molar-refractivity contribution in [3.63, 3.8) is 0 Å². The molecular weight excluding hydrogens is 354 g/mol. The number of esters is 2. The van der Waals surface area contributed by atoms with Crippen LogP contribution in [0.25, 0.3) is 0 Å². The van der Waals surface area contributed by atoms with Gasteiger partial charge < -0.3 is 9.47 Å². The average molecular weight is 369 g/mol. The predicted octanol–water partition coefficient (Wildman–Crippen LogP) is 2.43. The van der Waals surface area contributed by atoms with Gasteiger partial charge in [-0.2, -0.15) is 0 Å². The average Bonchev–Trinajstić information content (AvgIpc) is 2.92. The molecule has 0 fully saturated rings. The Morgan fingerprint density at radius 1 is 1.04 bits per heavy atom. The number of thiophene rings is 1. The Labute approximate surface area is 143 Å². The van der Waals surface area contributed by atoms with Crippen molar-refractivity contribution in [1.29, 1.82) is 0 Å². The van der Waals surface area contributed by atoms with E-state index >= 15 is 0 Å². The summed E-state index contributed by atoms with van der Waals surface area (Å²) >= 11 is 0.663. The zero-order valence-electron chi connectivity index (χ0n) is 13.2. The molecule has 7 nitrogen and oxygen atoms in total. The van der Waals surface area contributed by atoms with Crippen LogP contribution in [-0.4, -0.2) is 34.6 Å². The van der Waals surface area contributed by atoms with Gasteiger partial charge in [0.05, 0.1) is 19.8 Å². The van der Waals surface area contributed by atoms with Gasteiger partial charge in [-0.3, -0.25) is 4.72 Å². The number of sulfonamides is 1. The lowest BCUT2D eigenvalue weighted by molar-refractivity contribution is 0.0596. The van der Waals surface area contributed by atoms with Crippen molar-refractivity contribution in [3.05, 3.63) is 46.3 Å². The molecule has 0 unspecified atom stereocenters. The summed E-state index contributed by atoms with van der Waals surface area (Å²) in [4.78, 5) is 23.9. The van der Waals surface area contributed by atoms with E-state index in [2.05, 4.69) is 14.2 Å². The lowest BCUT2D eigenvalue weighted by Crippen LogP contribution is -2.16. The first-order chi connectivity index (χ1) is 11.3. The van der Waals surface area contributed by atoms with E-state index in [9.17, 15) is 18.0 Å². The van der Waals surface area contributed by atoms with E-state index < -0.39 is 22.0 Å². The van der Waals surface area contributed by atoms with E-state index in [-0.39, 0.29) is 20.2 Å². The summed E-state index contributed by atoms with van der Waals surface area (Å²) in [5, 5.41) is 0. The summed E-state index contributed by atoms with van der Waals surface area (Å²) in [5.74, 6) is -1.56. The molecule has 0 aliphatic heterocycles. The molecule has 0 saturated carbocycles. The maximum absolute atomic E-state index is 12.7. The first-order valence-electron chi connectivity index (χ1n) is 6.69. The van der Waals surface area contributed by atoms with Crippen LogP contribution in [0.1, 0.15) is 25.6 Å². The molecule has 2 aromatic rings. The lowest BCUT2D eigenvalue weighted by Gasteiger charge is -2.08. The molecule has 2 rings (SSSR count). The second-order valence-electron chi connectivity index (χ2n) is 4.67. The third kappa shape index (κ3) is 3.41. The molecular formula is C15H15NO6S2. The fourth-order valence-electron chi connectivity index (χ4n) is 2.01. The van der Waals surface area contributed by atoms with Crippen molar-refractivity contribution in [2.75, 3.05) is 18.9 Å². The molecule has 9 heteroatoms. The molecule has 128 valence electrons. The van der Waals surface area contributed by atoms with Crippen LogP contribution in [0.3, 0.4) is 0 Å². The number of carbonyl (C=O) groups excluding carboxylic acids is 2. The van der Waals surface area contributed by atoms with Gasteiger partial charge in [0.2, 0.25) is 0 Å². The van der Waals surface area contributed by atoms with Crippen molar-refractivity contribution in [2.24, 2.45) is 0 Å². The minimum atomic E-state index is -4.08. The van der Waals surface area contributed by atoms with E-state index in [1.807, 2.05) is 0 Å². The monoisotopic (exact) mass is 369 g/mol. The molecule has 0 atom stereocenters. The molecule has 1 heterocycles. The maximum Gasteiger partial charge on any atom is 0.348 e. The van der Waals surface area contributed by atoms with Crippen LogP contribution in [0.4, 0.5) is 5.69 Å². The van der Waals surface area contributed by atoms with E-state index in [1.54, 1.807) is 30.3 Å². The van der Waals surface area contributed by atoms with Crippen molar-refractivity contribution >= 4 is 39.0 Å². The molecule has 1 aromatic heterocycles. The first kappa shape index (κ1) is 18.0. The predicted molar refractivity (Wildman–Crippen MR) is 89.0 cm³/mol. The molecule has 0 amide bonds. The standard InChI is InChI=1S/C15H15NO6S2/c1-9-11(13(17)21-2)15(23-12(9)14(18)22-3)24(19,20)16-10-7-5-4-6-8-10/h4-8,16H,1-3H3. The Kier molecular flexibility index (Phi) is 5.25. The largest absolute Gasteiger partial charge is 0.465 e. The van der Waals surface area contributed by atoms with Crippen molar-refractivity contribution in [3.8, 4) is 0 Å². The van der Waals surface area contributed by atoms with Crippen LogP contribution in [0.5, 0.6) is 0 Å². The van der Waals surface area contributed by atoms with Gasteiger partial charge in [-0.15, -0.1) is 11.3 Å². The van der Waals surface area contributed by atoms with E-state index in [0.717, 1.165) is 7.11 Å². The third-order valence-electron chi connectivity index (χ3n) is 3.14. The van der Waals surface area contributed by atoms with Gasteiger partial charge in [-0.05, 0) is 24.6 Å². The Bertz CT molecular complexity index is 871. The molecule has 0 aliphatic carbocycles. The second-order valence-corrected chi connectivity index (χ2v) is 7.57. The van der Waals surface area contributed by atoms with Gasteiger partial charge >= 0.3 is 11.9 Å². The van der Waals surface area contributed by atoms with Gasteiger partial charge in [0.1, 0.15) is 4.88 Å². The number of benzene rings is 1. The molecule has 0 aliphatic rings. The Hall–Kier alpha value is -2.39. The quantitative estimate of drug-likeness (QED) is 0.813. The number of hydrogen-bond donors (Lipinski definition) is 1. The van der Waals surface area contributed by atoms with E-state index in [0.29, 0.717) is 17.0 Å². The number of rotatable bonds is 5. The molecule has 1 N–H and O–H groups in total. The Balaban J connectivity index is 2.59. The molecule has 0 saturated heterocycles. The zero-order valence-corrected chi connectivity index (χ0v) is 14.8. The summed E-state index contributed by atoms with van der Waals surface area (Å²) < 4.78 is 36.7. The zero-order chi connectivity index (χ0) is 17.9. The van der Waals surface area contributed by atoms with Crippen molar-refractivity contribution < 1.29 is 27.5 Å². The third-order valence-corrected chi connectivity index (χ3v) is 6.32. The second kappa shape index (κ2) is 7.02. The highest BCUT2D eigenvalue weighted by molar-refractivity contribution is 7.94. The topological polar surface area (TPSA) is 98.8 Å². The summed E-state index contributed by atoms with van der Waals surface area (Å²) in [6, 6.07) is 8.20. The number of hydrogen-bond acceptors (Lipinski definition) is 7. The van der Waals surface area contributed by atoms with E-state index in [1.165, 1.54) is 14.0 Å². The summed E-state index contributed by atoms with van der Waals surface area (Å²) in [5.41, 5.74) is 0.359. The number of ether oxygens (including phenoxy) is 2. The minimum Gasteiger partial charge on any atom is -0.465 e. The van der Waals surface area contributed by atoms with Gasteiger partial charge in [-0.25, -0.2) is 18.0 Å². The minimum absolute atomic E-state index is 0.0336. The van der Waals surface area contributed by atoms with Crippen LogP contribution < -0.4 is 4.72 Å². The highest BCUT2D eigenvalue weighted by atomic mass is 32.2. The highest BCUT2D eigenvalue weighted by Crippen LogP contribution is 2.34. The Morgan fingerprint density at radius 2 is 1.62 bits per heavy atom. The van der Waals surface area contributed by atoms with Crippen LogP contribution in [0.15, 0.2) is 34.5 Å². The van der Waals surface area contributed by atoms with Crippen LogP contribution >= 0.6 is 11.3 Å². The SMILES string of the molecule is COC(=O)c1sc(S(=O)(=O)Nc2ccccc2)c(C(=O)OC)c1C. The van der Waals surface area contributed by atoms with Crippen LogP contribution in [0.2, 0.25) is 0 Å².